The van der Waals surface area contributed by atoms with Crippen LogP contribution in [-0.4, -0.2) is 29.2 Å². The van der Waals surface area contributed by atoms with Crippen molar-refractivity contribution in [2.75, 3.05) is 18.0 Å². The van der Waals surface area contributed by atoms with Gasteiger partial charge in [0.05, 0.1) is 0 Å². The van der Waals surface area contributed by atoms with Gasteiger partial charge in [0.25, 0.3) is 0 Å². The molecule has 144 valence electrons. The molecule has 1 fully saturated rings. The lowest BCUT2D eigenvalue weighted by Crippen LogP contribution is -2.40. The molecule has 0 atom stereocenters. The van der Waals surface area contributed by atoms with Crippen LogP contribution in [0.3, 0.4) is 0 Å². The van der Waals surface area contributed by atoms with Crippen molar-refractivity contribution < 1.29 is 9.21 Å². The Morgan fingerprint density at radius 1 is 1.07 bits per heavy atom. The van der Waals surface area contributed by atoms with Crippen LogP contribution in [0.2, 0.25) is 5.02 Å². The predicted octanol–water partition coefficient (Wildman–Crippen LogP) is 3.92. The Bertz CT molecular complexity index is 936. The first-order valence-electron chi connectivity index (χ1n) is 9.35. The number of carbonyl (C=O) groups is 1. The van der Waals surface area contributed by atoms with Crippen LogP contribution >= 0.6 is 11.6 Å². The molecule has 2 heterocycles. The topological polar surface area (TPSA) is 71.3 Å². The number of amides is 1. The summed E-state index contributed by atoms with van der Waals surface area (Å²) in [6.07, 6.45) is 1.49. The Morgan fingerprint density at radius 3 is 2.54 bits per heavy atom. The van der Waals surface area contributed by atoms with Crippen molar-refractivity contribution >= 4 is 23.5 Å². The fourth-order valence-corrected chi connectivity index (χ4v) is 3.54. The van der Waals surface area contributed by atoms with Crippen LogP contribution in [0.1, 0.15) is 18.4 Å². The van der Waals surface area contributed by atoms with E-state index in [-0.39, 0.29) is 11.8 Å². The average Bonchev–Trinajstić information content (AvgIpc) is 3.24. The van der Waals surface area contributed by atoms with Crippen LogP contribution in [0, 0.1) is 5.92 Å². The van der Waals surface area contributed by atoms with Gasteiger partial charge in [-0.05, 0) is 36.6 Å². The molecule has 0 spiro atoms. The third-order valence-corrected chi connectivity index (χ3v) is 5.35. The molecule has 1 saturated heterocycles. The number of benzene rings is 2. The summed E-state index contributed by atoms with van der Waals surface area (Å²) in [6, 6.07) is 17.7. The van der Waals surface area contributed by atoms with Gasteiger partial charge in [0.15, 0.2) is 0 Å². The van der Waals surface area contributed by atoms with E-state index in [4.69, 9.17) is 16.0 Å². The maximum absolute atomic E-state index is 12.5. The van der Waals surface area contributed by atoms with Gasteiger partial charge in [-0.1, -0.05) is 53.1 Å². The highest BCUT2D eigenvalue weighted by Crippen LogP contribution is 2.26. The number of nitrogens with zero attached hydrogens (tertiary/aromatic N) is 3. The first kappa shape index (κ1) is 18.5. The quantitative estimate of drug-likeness (QED) is 0.707. The second-order valence-corrected chi connectivity index (χ2v) is 7.23. The minimum Gasteiger partial charge on any atom is -0.403 e. The molecule has 4 rings (SSSR count). The lowest BCUT2D eigenvalue weighted by atomic mass is 9.96. The van der Waals surface area contributed by atoms with Crippen molar-refractivity contribution in [1.82, 2.24) is 15.5 Å². The van der Waals surface area contributed by atoms with Crippen LogP contribution in [0.25, 0.3) is 11.5 Å². The van der Waals surface area contributed by atoms with Crippen LogP contribution < -0.4 is 10.2 Å². The Morgan fingerprint density at radius 2 is 1.79 bits per heavy atom. The maximum Gasteiger partial charge on any atom is 0.318 e. The maximum atomic E-state index is 12.5. The van der Waals surface area contributed by atoms with Gasteiger partial charge in [0, 0.05) is 36.1 Å². The number of piperidine rings is 1. The van der Waals surface area contributed by atoms with E-state index < -0.39 is 0 Å². The van der Waals surface area contributed by atoms with Crippen LogP contribution in [0.5, 0.6) is 0 Å². The van der Waals surface area contributed by atoms with Gasteiger partial charge in [0.2, 0.25) is 11.8 Å². The Labute approximate surface area is 168 Å². The van der Waals surface area contributed by atoms with Gasteiger partial charge in [-0.15, -0.1) is 5.10 Å². The monoisotopic (exact) mass is 396 g/mol. The number of rotatable bonds is 5. The number of nitrogens with one attached hydrogen (secondary N) is 1. The summed E-state index contributed by atoms with van der Waals surface area (Å²) < 4.78 is 5.81. The van der Waals surface area contributed by atoms with Crippen molar-refractivity contribution in [3.05, 3.63) is 65.2 Å². The molecule has 1 amide bonds. The van der Waals surface area contributed by atoms with E-state index >= 15 is 0 Å². The molecule has 0 unspecified atom stereocenters. The Kier molecular flexibility index (Phi) is 5.58. The molecule has 1 aliphatic heterocycles. The zero-order valence-corrected chi connectivity index (χ0v) is 16.1. The zero-order valence-electron chi connectivity index (χ0n) is 15.3. The van der Waals surface area contributed by atoms with Crippen molar-refractivity contribution in [3.63, 3.8) is 0 Å². The second-order valence-electron chi connectivity index (χ2n) is 6.83. The number of aromatic nitrogens is 2. The van der Waals surface area contributed by atoms with Gasteiger partial charge in [-0.2, -0.15) is 0 Å². The molecule has 2 aromatic carbocycles. The van der Waals surface area contributed by atoms with Gasteiger partial charge >= 0.3 is 6.01 Å². The number of hydrogen-bond acceptors (Lipinski definition) is 5. The summed E-state index contributed by atoms with van der Waals surface area (Å²) in [4.78, 5) is 14.5. The van der Waals surface area contributed by atoms with Crippen LogP contribution in [0.15, 0.2) is 59.0 Å². The van der Waals surface area contributed by atoms with E-state index in [1.54, 1.807) is 0 Å². The van der Waals surface area contributed by atoms with Crippen molar-refractivity contribution in [2.24, 2.45) is 5.92 Å². The Balaban J connectivity index is 1.30. The molecule has 1 aromatic heterocycles. The van der Waals surface area contributed by atoms with Crippen molar-refractivity contribution in [2.45, 2.75) is 19.4 Å². The van der Waals surface area contributed by atoms with E-state index in [1.807, 2.05) is 59.5 Å². The number of carbonyl (C=O) groups excluding carboxylic acids is 1. The molecule has 3 aromatic rings. The predicted molar refractivity (Wildman–Crippen MR) is 108 cm³/mol. The smallest absolute Gasteiger partial charge is 0.318 e. The SMILES string of the molecule is O=C(NCc1ccccc1Cl)C1CCN(c2nnc(-c3ccccc3)o2)CC1. The minimum absolute atomic E-state index is 0.0183. The van der Waals surface area contributed by atoms with Gasteiger partial charge in [-0.25, -0.2) is 0 Å². The van der Waals surface area contributed by atoms with E-state index in [0.29, 0.717) is 36.6 Å². The summed E-state index contributed by atoms with van der Waals surface area (Å²) in [5.41, 5.74) is 1.82. The molecule has 0 bridgehead atoms. The molecule has 0 saturated carbocycles. The second kappa shape index (κ2) is 8.44. The lowest BCUT2D eigenvalue weighted by Gasteiger charge is -2.29. The summed E-state index contributed by atoms with van der Waals surface area (Å²) in [5, 5.41) is 12.0. The standard InChI is InChI=1S/C21H21ClN4O2/c22-18-9-5-4-8-17(18)14-23-19(27)15-10-12-26(13-11-15)21-25-24-20(28-21)16-6-2-1-3-7-16/h1-9,15H,10-14H2,(H,23,27). The highest BCUT2D eigenvalue weighted by Gasteiger charge is 2.27. The van der Waals surface area contributed by atoms with Crippen molar-refractivity contribution in [1.29, 1.82) is 0 Å². The summed E-state index contributed by atoms with van der Waals surface area (Å²) >= 11 is 6.15. The van der Waals surface area contributed by atoms with Gasteiger partial charge in [0.1, 0.15) is 0 Å². The third-order valence-electron chi connectivity index (χ3n) is 4.98. The molecule has 0 aliphatic carbocycles. The largest absolute Gasteiger partial charge is 0.403 e. The van der Waals surface area contributed by atoms with E-state index in [0.717, 1.165) is 24.0 Å². The highest BCUT2D eigenvalue weighted by molar-refractivity contribution is 6.31. The molecule has 1 N–H and O–H groups in total. The molecule has 6 nitrogen and oxygen atoms in total. The molecule has 7 heteroatoms. The molecular weight excluding hydrogens is 376 g/mol. The van der Waals surface area contributed by atoms with E-state index in [9.17, 15) is 4.79 Å². The molecule has 0 radical (unpaired) electrons. The summed E-state index contributed by atoms with van der Waals surface area (Å²) in [6.45, 7) is 1.87. The minimum atomic E-state index is -0.0183. The summed E-state index contributed by atoms with van der Waals surface area (Å²) in [5.74, 6) is 0.556. The van der Waals surface area contributed by atoms with Gasteiger partial charge < -0.3 is 14.6 Å². The number of anilines is 1. The number of hydrogen-bond donors (Lipinski definition) is 1. The first-order valence-corrected chi connectivity index (χ1v) is 9.73. The van der Waals surface area contributed by atoms with E-state index in [1.165, 1.54) is 0 Å². The van der Waals surface area contributed by atoms with E-state index in [2.05, 4.69) is 15.5 Å². The fraction of sp³-hybridized carbons (Fsp3) is 0.286. The highest BCUT2D eigenvalue weighted by atomic mass is 35.5. The average molecular weight is 397 g/mol. The van der Waals surface area contributed by atoms with Gasteiger partial charge in [-0.3, -0.25) is 4.79 Å². The first-order chi connectivity index (χ1) is 13.7. The zero-order chi connectivity index (χ0) is 19.3. The van der Waals surface area contributed by atoms with Crippen LogP contribution in [-0.2, 0) is 11.3 Å². The summed E-state index contributed by atoms with van der Waals surface area (Å²) in [7, 11) is 0. The molecular formula is C21H21ClN4O2. The third kappa shape index (κ3) is 4.17. The fourth-order valence-electron chi connectivity index (χ4n) is 3.34. The Hall–Kier alpha value is -2.86. The normalized spacial score (nSPS) is 14.8. The number of halogens is 1. The van der Waals surface area contributed by atoms with Crippen molar-refractivity contribution in [3.8, 4) is 11.5 Å². The molecule has 28 heavy (non-hydrogen) atoms. The molecule has 1 aliphatic rings. The lowest BCUT2D eigenvalue weighted by molar-refractivity contribution is -0.125. The van der Waals surface area contributed by atoms with Crippen LogP contribution in [0.4, 0.5) is 6.01 Å².